The van der Waals surface area contributed by atoms with E-state index in [0.29, 0.717) is 5.56 Å². The minimum Gasteiger partial charge on any atom is -0.716 e. The van der Waals surface area contributed by atoms with Crippen LogP contribution in [-0.4, -0.2) is 31.2 Å². The average Bonchev–Trinajstić information content (AvgIpc) is 2.89. The Labute approximate surface area is 152 Å². The van der Waals surface area contributed by atoms with E-state index >= 15 is 0 Å². The van der Waals surface area contributed by atoms with Crippen molar-refractivity contribution in [1.82, 2.24) is 0 Å². The van der Waals surface area contributed by atoms with E-state index in [4.69, 9.17) is 4.18 Å². The summed E-state index contributed by atoms with van der Waals surface area (Å²) in [5.41, 5.74) is 3.37. The average molecular weight is 376 g/mol. The summed E-state index contributed by atoms with van der Waals surface area (Å²) < 4.78 is 38.7. The van der Waals surface area contributed by atoms with Crippen LogP contribution in [0.1, 0.15) is 35.6 Å². The third-order valence-electron chi connectivity index (χ3n) is 5.01. The van der Waals surface area contributed by atoms with Crippen LogP contribution in [0.5, 0.6) is 11.5 Å². The maximum absolute atomic E-state index is 11.3. The van der Waals surface area contributed by atoms with Gasteiger partial charge in [-0.25, -0.2) is 18.4 Å². The van der Waals surface area contributed by atoms with E-state index in [1.165, 1.54) is 5.01 Å². The Kier molecular flexibility index (Phi) is 4.06. The molecule has 4 rings (SSSR count). The van der Waals surface area contributed by atoms with E-state index in [9.17, 15) is 18.1 Å². The fraction of sp³-hybridized carbons (Fsp3) is 0.333. The van der Waals surface area contributed by atoms with Gasteiger partial charge < -0.3 is 13.8 Å². The number of anilines is 1. The van der Waals surface area contributed by atoms with Gasteiger partial charge >= 0.3 is 0 Å². The molecule has 2 aliphatic heterocycles. The van der Waals surface area contributed by atoms with Crippen molar-refractivity contribution in [2.24, 2.45) is 0 Å². The summed E-state index contributed by atoms with van der Waals surface area (Å²) in [6.45, 7) is 3.59. The van der Waals surface area contributed by atoms with Crippen LogP contribution in [0.4, 0.5) is 5.69 Å². The third kappa shape index (κ3) is 3.00. The SMILES string of the molecule is Cc1cc(OS(=O)(=O)[O-])c2c(c1)N1CCCC[NH+]1C2c1ccc(O)cc1. The summed E-state index contributed by atoms with van der Waals surface area (Å²) >= 11 is 0. The fourth-order valence-electron chi connectivity index (χ4n) is 4.06. The lowest BCUT2D eigenvalue weighted by atomic mass is 9.96. The number of hydrogen-bond acceptors (Lipinski definition) is 6. The fourth-order valence-corrected chi connectivity index (χ4v) is 4.42. The molecular formula is C18H20N2O5S. The zero-order valence-corrected chi connectivity index (χ0v) is 15.1. The van der Waals surface area contributed by atoms with Gasteiger partial charge in [0.25, 0.3) is 10.4 Å². The van der Waals surface area contributed by atoms with Crippen molar-refractivity contribution in [2.45, 2.75) is 25.8 Å². The first-order valence-corrected chi connectivity index (χ1v) is 9.89. The lowest BCUT2D eigenvalue weighted by Gasteiger charge is -2.34. The number of hydrogen-bond donors (Lipinski definition) is 2. The van der Waals surface area contributed by atoms with E-state index in [1.54, 1.807) is 18.2 Å². The Hall–Kier alpha value is -2.29. The largest absolute Gasteiger partial charge is 0.716 e. The molecule has 7 nitrogen and oxygen atoms in total. The molecule has 138 valence electrons. The van der Waals surface area contributed by atoms with Crippen LogP contribution in [0, 0.1) is 6.92 Å². The van der Waals surface area contributed by atoms with Crippen LogP contribution >= 0.6 is 0 Å². The number of rotatable bonds is 3. The van der Waals surface area contributed by atoms with Gasteiger partial charge in [-0.2, -0.15) is 0 Å². The van der Waals surface area contributed by atoms with Crippen molar-refractivity contribution < 1.29 is 27.3 Å². The van der Waals surface area contributed by atoms with E-state index in [2.05, 4.69) is 5.01 Å². The molecule has 2 unspecified atom stereocenters. The van der Waals surface area contributed by atoms with Crippen LogP contribution in [0.2, 0.25) is 0 Å². The van der Waals surface area contributed by atoms with Gasteiger partial charge in [-0.05, 0) is 55.3 Å². The molecule has 0 amide bonds. The lowest BCUT2D eigenvalue weighted by Crippen LogP contribution is -3.18. The smallest absolute Gasteiger partial charge is 0.262 e. The van der Waals surface area contributed by atoms with Crippen molar-refractivity contribution in [3.63, 3.8) is 0 Å². The van der Waals surface area contributed by atoms with E-state index < -0.39 is 10.4 Å². The Morgan fingerprint density at radius 1 is 1.23 bits per heavy atom. The highest BCUT2D eigenvalue weighted by molar-refractivity contribution is 7.81. The number of phenolic OH excluding ortho intramolecular Hbond substituents is 1. The maximum atomic E-state index is 11.3. The number of quaternary nitrogens is 1. The minimum atomic E-state index is -4.88. The maximum Gasteiger partial charge on any atom is 0.262 e. The second-order valence-electron chi connectivity index (χ2n) is 6.81. The predicted octanol–water partition coefficient (Wildman–Crippen LogP) is 1.04. The number of phenols is 1. The monoisotopic (exact) mass is 376 g/mol. The Bertz CT molecular complexity index is 943. The summed E-state index contributed by atoms with van der Waals surface area (Å²) in [7, 11) is -4.88. The zero-order valence-electron chi connectivity index (χ0n) is 14.3. The highest BCUT2D eigenvalue weighted by Crippen LogP contribution is 2.42. The molecule has 0 bridgehead atoms. The first-order valence-electron chi connectivity index (χ1n) is 8.55. The quantitative estimate of drug-likeness (QED) is 0.614. The Balaban J connectivity index is 1.92. The molecular weight excluding hydrogens is 356 g/mol. The molecule has 8 heteroatoms. The molecule has 2 aliphatic rings. The molecule has 2 aromatic rings. The van der Waals surface area contributed by atoms with Crippen molar-refractivity contribution in [1.29, 1.82) is 0 Å². The number of fused-ring (bicyclic) bond motifs is 3. The van der Waals surface area contributed by atoms with Crippen LogP contribution in [0.25, 0.3) is 0 Å². The summed E-state index contributed by atoms with van der Waals surface area (Å²) in [6.07, 6.45) is 2.11. The summed E-state index contributed by atoms with van der Waals surface area (Å²) in [5.74, 6) is 0.259. The van der Waals surface area contributed by atoms with Crippen LogP contribution in [0.15, 0.2) is 36.4 Å². The minimum absolute atomic E-state index is 0.0926. The van der Waals surface area contributed by atoms with E-state index in [1.807, 2.05) is 25.1 Å². The van der Waals surface area contributed by atoms with Gasteiger partial charge in [-0.3, -0.25) is 0 Å². The van der Waals surface area contributed by atoms with Gasteiger partial charge in [0.05, 0.1) is 12.1 Å². The molecule has 2 atom stereocenters. The summed E-state index contributed by atoms with van der Waals surface area (Å²) in [6, 6.07) is 10.3. The summed E-state index contributed by atoms with van der Waals surface area (Å²) in [5, 5.41) is 13.0. The molecule has 0 aliphatic carbocycles. The van der Waals surface area contributed by atoms with Crippen LogP contribution < -0.4 is 14.2 Å². The molecule has 0 saturated carbocycles. The number of nitrogens with zero attached hydrogens (tertiary/aromatic N) is 1. The highest BCUT2D eigenvalue weighted by Gasteiger charge is 2.45. The first-order chi connectivity index (χ1) is 12.3. The lowest BCUT2D eigenvalue weighted by molar-refractivity contribution is -0.932. The highest BCUT2D eigenvalue weighted by atomic mass is 32.3. The van der Waals surface area contributed by atoms with Gasteiger partial charge in [-0.1, -0.05) is 0 Å². The predicted molar refractivity (Wildman–Crippen MR) is 93.9 cm³/mol. The zero-order chi connectivity index (χ0) is 18.5. The third-order valence-corrected chi connectivity index (χ3v) is 5.39. The van der Waals surface area contributed by atoms with Gasteiger partial charge in [0.1, 0.15) is 18.0 Å². The number of aromatic hydroxyl groups is 1. The van der Waals surface area contributed by atoms with Gasteiger partial charge in [0.2, 0.25) is 0 Å². The molecule has 1 fully saturated rings. The second kappa shape index (κ2) is 6.15. The molecule has 0 aromatic heterocycles. The molecule has 0 spiro atoms. The summed E-state index contributed by atoms with van der Waals surface area (Å²) in [4.78, 5) is 0. The van der Waals surface area contributed by atoms with Crippen molar-refractivity contribution in [2.75, 3.05) is 18.1 Å². The van der Waals surface area contributed by atoms with Gasteiger partial charge in [0.15, 0.2) is 11.8 Å². The number of nitrogens with one attached hydrogen (secondary N) is 1. The molecule has 0 radical (unpaired) electrons. The molecule has 1 saturated heterocycles. The van der Waals surface area contributed by atoms with Crippen molar-refractivity contribution >= 4 is 16.1 Å². The topological polar surface area (TPSA) is 94.3 Å². The van der Waals surface area contributed by atoms with E-state index in [-0.39, 0.29) is 17.5 Å². The number of aryl methyl sites for hydroxylation is 1. The van der Waals surface area contributed by atoms with Crippen molar-refractivity contribution in [3.05, 3.63) is 53.1 Å². The molecule has 2 aromatic carbocycles. The van der Waals surface area contributed by atoms with E-state index in [0.717, 1.165) is 42.7 Å². The van der Waals surface area contributed by atoms with Crippen LogP contribution in [-0.2, 0) is 10.4 Å². The standard InChI is InChI=1S/C18H20N2O5S/c1-12-10-15-17(16(11-12)25-26(22,23)24)18(13-4-6-14(21)7-5-13)20-9-3-2-8-19(15)20/h4-7,10-11,18,21H,2-3,8-9H2,1H3,(H,22,23,24). The Morgan fingerprint density at radius 2 is 1.96 bits per heavy atom. The normalized spacial score (nSPS) is 22.0. The molecule has 2 N–H and O–H groups in total. The van der Waals surface area contributed by atoms with Crippen LogP contribution in [0.3, 0.4) is 0 Å². The van der Waals surface area contributed by atoms with Gasteiger partial charge in [0, 0.05) is 12.0 Å². The van der Waals surface area contributed by atoms with Gasteiger partial charge in [-0.15, -0.1) is 0 Å². The Morgan fingerprint density at radius 3 is 2.65 bits per heavy atom. The molecule has 2 heterocycles. The number of benzene rings is 2. The first kappa shape index (κ1) is 17.1. The molecule has 26 heavy (non-hydrogen) atoms. The second-order valence-corrected chi connectivity index (χ2v) is 7.80. The van der Waals surface area contributed by atoms with Crippen molar-refractivity contribution in [3.8, 4) is 11.5 Å².